The summed E-state index contributed by atoms with van der Waals surface area (Å²) in [6.07, 6.45) is 7.19. The molecule has 2 nitrogen and oxygen atoms in total. The molecule has 0 bridgehead atoms. The molecule has 82 valence electrons. The average molecular weight is 204 g/mol. The highest BCUT2D eigenvalue weighted by Gasteiger charge is 2.30. The van der Waals surface area contributed by atoms with E-state index in [1.54, 1.807) is 0 Å². The lowest BCUT2D eigenvalue weighted by molar-refractivity contribution is 0.577. The first-order valence-corrected chi connectivity index (χ1v) is 5.99. The van der Waals surface area contributed by atoms with Crippen molar-refractivity contribution in [2.75, 3.05) is 5.32 Å². The molecule has 1 fully saturated rings. The first kappa shape index (κ1) is 10.5. The van der Waals surface area contributed by atoms with Crippen LogP contribution in [0.2, 0.25) is 0 Å². The fourth-order valence-corrected chi connectivity index (χ4v) is 2.07. The summed E-state index contributed by atoms with van der Waals surface area (Å²) in [7, 11) is 0. The molecule has 1 N–H and O–H groups in total. The van der Waals surface area contributed by atoms with Crippen LogP contribution in [-0.2, 0) is 0 Å². The maximum absolute atomic E-state index is 4.31. The summed E-state index contributed by atoms with van der Waals surface area (Å²) in [5.74, 6) is 0.907. The lowest BCUT2D eigenvalue weighted by Gasteiger charge is -2.19. The highest BCUT2D eigenvalue weighted by atomic mass is 15.0. The van der Waals surface area contributed by atoms with Crippen molar-refractivity contribution >= 4 is 5.69 Å². The molecule has 1 aromatic heterocycles. The third-order valence-electron chi connectivity index (χ3n) is 3.14. The molecular weight excluding hydrogens is 184 g/mol. The van der Waals surface area contributed by atoms with Crippen LogP contribution in [0.4, 0.5) is 5.69 Å². The SMILES string of the molecule is CCCC(Nc1cccnc1C)C1CC1. The standard InChI is InChI=1S/C13H20N2/c1-3-5-13(11-7-8-11)15-12-6-4-9-14-10(12)2/h4,6,9,11,13,15H,3,5,7-8H2,1-2H3. The van der Waals surface area contributed by atoms with Gasteiger partial charge in [-0.25, -0.2) is 0 Å². The number of hydrogen-bond donors (Lipinski definition) is 1. The van der Waals surface area contributed by atoms with Gasteiger partial charge in [-0.15, -0.1) is 0 Å². The Morgan fingerprint density at radius 3 is 2.93 bits per heavy atom. The van der Waals surface area contributed by atoms with E-state index in [9.17, 15) is 0 Å². The predicted octanol–water partition coefficient (Wildman–Crippen LogP) is 3.38. The van der Waals surface area contributed by atoms with E-state index in [2.05, 4.69) is 30.2 Å². The van der Waals surface area contributed by atoms with Gasteiger partial charge in [0.25, 0.3) is 0 Å². The number of aryl methyl sites for hydroxylation is 1. The van der Waals surface area contributed by atoms with Gasteiger partial charge in [-0.2, -0.15) is 0 Å². The van der Waals surface area contributed by atoms with Crippen molar-refractivity contribution in [1.29, 1.82) is 0 Å². The summed E-state index contributed by atoms with van der Waals surface area (Å²) in [6.45, 7) is 4.32. The predicted molar refractivity (Wildman–Crippen MR) is 64.0 cm³/mol. The molecule has 1 aliphatic rings. The van der Waals surface area contributed by atoms with Crippen molar-refractivity contribution in [3.63, 3.8) is 0 Å². The van der Waals surface area contributed by atoms with Crippen molar-refractivity contribution < 1.29 is 0 Å². The van der Waals surface area contributed by atoms with Crippen molar-refractivity contribution in [2.24, 2.45) is 5.92 Å². The lowest BCUT2D eigenvalue weighted by Crippen LogP contribution is -2.22. The quantitative estimate of drug-likeness (QED) is 0.795. The Labute approximate surface area is 92.1 Å². The van der Waals surface area contributed by atoms with Gasteiger partial charge in [-0.3, -0.25) is 4.98 Å². The van der Waals surface area contributed by atoms with E-state index in [1.807, 2.05) is 12.3 Å². The highest BCUT2D eigenvalue weighted by Crippen LogP contribution is 2.36. The molecule has 1 unspecified atom stereocenters. The fraction of sp³-hybridized carbons (Fsp3) is 0.615. The number of hydrogen-bond acceptors (Lipinski definition) is 2. The topological polar surface area (TPSA) is 24.9 Å². The van der Waals surface area contributed by atoms with Gasteiger partial charge in [0.2, 0.25) is 0 Å². The van der Waals surface area contributed by atoms with E-state index in [4.69, 9.17) is 0 Å². The van der Waals surface area contributed by atoms with E-state index in [-0.39, 0.29) is 0 Å². The zero-order chi connectivity index (χ0) is 10.7. The Morgan fingerprint density at radius 2 is 2.33 bits per heavy atom. The van der Waals surface area contributed by atoms with Crippen molar-refractivity contribution in [3.05, 3.63) is 24.0 Å². The molecule has 1 aliphatic carbocycles. The maximum Gasteiger partial charge on any atom is 0.0603 e. The molecule has 0 aromatic carbocycles. The van der Waals surface area contributed by atoms with E-state index in [1.165, 1.54) is 31.4 Å². The molecule has 15 heavy (non-hydrogen) atoms. The summed E-state index contributed by atoms with van der Waals surface area (Å²) < 4.78 is 0. The molecule has 1 heterocycles. The number of nitrogens with zero attached hydrogens (tertiary/aromatic N) is 1. The van der Waals surface area contributed by atoms with Crippen LogP contribution in [-0.4, -0.2) is 11.0 Å². The third kappa shape index (κ3) is 2.71. The second-order valence-corrected chi connectivity index (χ2v) is 4.51. The average Bonchev–Trinajstić information content (AvgIpc) is 3.04. The van der Waals surface area contributed by atoms with E-state index in [0.29, 0.717) is 6.04 Å². The fourth-order valence-electron chi connectivity index (χ4n) is 2.07. The zero-order valence-corrected chi connectivity index (χ0v) is 9.66. The highest BCUT2D eigenvalue weighted by molar-refractivity contribution is 5.47. The van der Waals surface area contributed by atoms with Crippen LogP contribution in [0, 0.1) is 12.8 Å². The van der Waals surface area contributed by atoms with Crippen LogP contribution < -0.4 is 5.32 Å². The minimum atomic E-state index is 0.665. The molecule has 0 saturated heterocycles. The molecule has 0 amide bonds. The first-order chi connectivity index (χ1) is 7.31. The molecule has 2 rings (SSSR count). The van der Waals surface area contributed by atoms with Gasteiger partial charge in [0.05, 0.1) is 11.4 Å². The van der Waals surface area contributed by atoms with E-state index < -0.39 is 0 Å². The third-order valence-corrected chi connectivity index (χ3v) is 3.14. The Morgan fingerprint density at radius 1 is 1.53 bits per heavy atom. The molecule has 1 saturated carbocycles. The molecule has 0 spiro atoms. The second-order valence-electron chi connectivity index (χ2n) is 4.51. The van der Waals surface area contributed by atoms with Crippen LogP contribution in [0.25, 0.3) is 0 Å². The summed E-state index contributed by atoms with van der Waals surface area (Å²) in [6, 6.07) is 4.80. The number of rotatable bonds is 5. The number of nitrogens with one attached hydrogen (secondary N) is 1. The minimum absolute atomic E-state index is 0.665. The van der Waals surface area contributed by atoms with E-state index in [0.717, 1.165) is 11.6 Å². The van der Waals surface area contributed by atoms with Gasteiger partial charge in [-0.05, 0) is 44.2 Å². The Kier molecular flexibility index (Phi) is 3.24. The molecule has 0 aliphatic heterocycles. The largest absolute Gasteiger partial charge is 0.381 e. The maximum atomic E-state index is 4.31. The Bertz CT molecular complexity index is 318. The second kappa shape index (κ2) is 4.65. The summed E-state index contributed by atoms with van der Waals surface area (Å²) in [4.78, 5) is 4.31. The molecule has 1 atom stereocenters. The normalized spacial score (nSPS) is 17.5. The van der Waals surface area contributed by atoms with Crippen molar-refractivity contribution in [1.82, 2.24) is 4.98 Å². The molecular formula is C13H20N2. The lowest BCUT2D eigenvalue weighted by atomic mass is 10.1. The van der Waals surface area contributed by atoms with E-state index >= 15 is 0 Å². The molecule has 1 aromatic rings. The molecule has 0 radical (unpaired) electrons. The van der Waals surface area contributed by atoms with Gasteiger partial charge in [0.15, 0.2) is 0 Å². The number of pyridine rings is 1. The van der Waals surface area contributed by atoms with Crippen LogP contribution in [0.15, 0.2) is 18.3 Å². The Balaban J connectivity index is 2.02. The van der Waals surface area contributed by atoms with Crippen molar-refractivity contribution in [2.45, 2.75) is 45.6 Å². The smallest absolute Gasteiger partial charge is 0.0603 e. The minimum Gasteiger partial charge on any atom is -0.381 e. The van der Waals surface area contributed by atoms with Gasteiger partial charge in [0, 0.05) is 12.2 Å². The monoisotopic (exact) mass is 204 g/mol. The van der Waals surface area contributed by atoms with Gasteiger partial charge < -0.3 is 5.32 Å². The van der Waals surface area contributed by atoms with Crippen molar-refractivity contribution in [3.8, 4) is 0 Å². The van der Waals surface area contributed by atoms with Gasteiger partial charge in [0.1, 0.15) is 0 Å². The summed E-state index contributed by atoms with van der Waals surface area (Å²) >= 11 is 0. The van der Waals surface area contributed by atoms with Crippen LogP contribution in [0.5, 0.6) is 0 Å². The molecule has 2 heteroatoms. The zero-order valence-electron chi connectivity index (χ0n) is 9.66. The van der Waals surface area contributed by atoms with Crippen LogP contribution in [0.3, 0.4) is 0 Å². The van der Waals surface area contributed by atoms with Crippen LogP contribution >= 0.6 is 0 Å². The first-order valence-electron chi connectivity index (χ1n) is 5.99. The number of aromatic nitrogens is 1. The Hall–Kier alpha value is -1.05. The van der Waals surface area contributed by atoms with Gasteiger partial charge >= 0.3 is 0 Å². The summed E-state index contributed by atoms with van der Waals surface area (Å²) in [5.41, 5.74) is 2.32. The summed E-state index contributed by atoms with van der Waals surface area (Å²) in [5, 5.41) is 3.65. The van der Waals surface area contributed by atoms with Gasteiger partial charge in [-0.1, -0.05) is 13.3 Å². The van der Waals surface area contributed by atoms with Crippen LogP contribution in [0.1, 0.15) is 38.3 Å². The number of anilines is 1.